The maximum absolute atomic E-state index is 10.9. The summed E-state index contributed by atoms with van der Waals surface area (Å²) in [5.74, 6) is 0.435. The fourth-order valence-corrected chi connectivity index (χ4v) is 1.35. The number of carbonyl (C=O) groups excluding carboxylic acids is 1. The third-order valence-electron chi connectivity index (χ3n) is 2.36. The van der Waals surface area contributed by atoms with Crippen molar-refractivity contribution < 1.29 is 14.3 Å². The fraction of sp³-hybridized carbons (Fsp3) is 0.417. The summed E-state index contributed by atoms with van der Waals surface area (Å²) in [6.45, 7) is 4.19. The van der Waals surface area contributed by atoms with Gasteiger partial charge in [0.2, 0.25) is 0 Å². The van der Waals surface area contributed by atoms with Gasteiger partial charge in [0.1, 0.15) is 5.75 Å². The van der Waals surface area contributed by atoms with E-state index in [4.69, 9.17) is 10.5 Å². The van der Waals surface area contributed by atoms with Crippen LogP contribution in [0.3, 0.4) is 0 Å². The average Bonchev–Trinajstić information content (AvgIpc) is 2.25. The normalized spacial score (nSPS) is 9.94. The zero-order valence-corrected chi connectivity index (χ0v) is 9.87. The lowest BCUT2D eigenvalue weighted by molar-refractivity contribution is -0.141. The summed E-state index contributed by atoms with van der Waals surface area (Å²) in [7, 11) is 1.36. The van der Waals surface area contributed by atoms with Gasteiger partial charge in [0.15, 0.2) is 0 Å². The Kier molecular flexibility index (Phi) is 4.17. The first-order valence-electron chi connectivity index (χ1n) is 5.11. The molecule has 0 aliphatic carbocycles. The zero-order chi connectivity index (χ0) is 12.1. The monoisotopic (exact) mass is 223 g/mol. The molecule has 1 aromatic carbocycles. The quantitative estimate of drug-likeness (QED) is 0.624. The molecule has 0 heterocycles. The van der Waals surface area contributed by atoms with Gasteiger partial charge in [0.05, 0.1) is 20.1 Å². The Labute approximate surface area is 95.3 Å². The lowest BCUT2D eigenvalue weighted by Gasteiger charge is -2.11. The summed E-state index contributed by atoms with van der Waals surface area (Å²) in [6.07, 6.45) is 0.240. The van der Waals surface area contributed by atoms with Gasteiger partial charge in [-0.2, -0.15) is 0 Å². The van der Waals surface area contributed by atoms with Crippen LogP contribution < -0.4 is 10.5 Å². The van der Waals surface area contributed by atoms with E-state index in [2.05, 4.69) is 4.74 Å². The minimum atomic E-state index is -0.280. The number of rotatable bonds is 4. The molecule has 0 fully saturated rings. The lowest BCUT2D eigenvalue weighted by atomic mass is 10.1. The van der Waals surface area contributed by atoms with Gasteiger partial charge in [-0.05, 0) is 25.0 Å². The smallest absolute Gasteiger partial charge is 0.308 e. The average molecular weight is 223 g/mol. The number of carbonyl (C=O) groups is 1. The summed E-state index contributed by atoms with van der Waals surface area (Å²) < 4.78 is 9.98. The lowest BCUT2D eigenvalue weighted by Crippen LogP contribution is -2.08. The van der Waals surface area contributed by atoms with Crippen LogP contribution in [0, 0.1) is 13.8 Å². The van der Waals surface area contributed by atoms with E-state index in [9.17, 15) is 4.79 Å². The molecule has 2 N–H and O–H groups in total. The summed E-state index contributed by atoms with van der Waals surface area (Å²) in [4.78, 5) is 10.9. The van der Waals surface area contributed by atoms with E-state index in [1.54, 1.807) is 6.07 Å². The van der Waals surface area contributed by atoms with Crippen LogP contribution in [-0.2, 0) is 9.53 Å². The summed E-state index contributed by atoms with van der Waals surface area (Å²) in [5, 5.41) is 0. The van der Waals surface area contributed by atoms with Crippen molar-refractivity contribution in [1.29, 1.82) is 0 Å². The molecular formula is C12H17NO3. The standard InChI is InChI=1S/C12H17NO3/c1-8-6-9(2)11(7-10(8)13)16-5-4-12(14)15-3/h6-7H,4-5,13H2,1-3H3. The van der Waals surface area contributed by atoms with E-state index in [0.717, 1.165) is 11.1 Å². The topological polar surface area (TPSA) is 61.5 Å². The first kappa shape index (κ1) is 12.4. The molecule has 0 atom stereocenters. The van der Waals surface area contributed by atoms with E-state index in [1.807, 2.05) is 19.9 Å². The number of esters is 1. The minimum absolute atomic E-state index is 0.240. The molecule has 0 amide bonds. The SMILES string of the molecule is COC(=O)CCOc1cc(N)c(C)cc1C. The Bertz CT molecular complexity index is 388. The molecule has 1 rings (SSSR count). The van der Waals surface area contributed by atoms with Crippen molar-refractivity contribution >= 4 is 11.7 Å². The highest BCUT2D eigenvalue weighted by Crippen LogP contribution is 2.24. The van der Waals surface area contributed by atoms with Crippen LogP contribution in [0.5, 0.6) is 5.75 Å². The van der Waals surface area contributed by atoms with Gasteiger partial charge in [-0.1, -0.05) is 6.07 Å². The summed E-state index contributed by atoms with van der Waals surface area (Å²) >= 11 is 0. The predicted octanol–water partition coefficient (Wildman–Crippen LogP) is 1.83. The second kappa shape index (κ2) is 5.39. The molecule has 1 aromatic rings. The minimum Gasteiger partial charge on any atom is -0.493 e. The molecule has 0 aliphatic rings. The molecular weight excluding hydrogens is 206 g/mol. The van der Waals surface area contributed by atoms with Crippen LogP contribution in [0.1, 0.15) is 17.5 Å². The molecule has 0 saturated carbocycles. The third-order valence-corrected chi connectivity index (χ3v) is 2.36. The Morgan fingerprint density at radius 3 is 2.62 bits per heavy atom. The molecule has 0 bridgehead atoms. The molecule has 88 valence electrons. The Morgan fingerprint density at radius 1 is 1.31 bits per heavy atom. The van der Waals surface area contributed by atoms with Crippen LogP contribution in [0.15, 0.2) is 12.1 Å². The molecule has 0 aromatic heterocycles. The molecule has 4 nitrogen and oxygen atoms in total. The van der Waals surface area contributed by atoms with Crippen LogP contribution in [0.2, 0.25) is 0 Å². The number of nitrogen functional groups attached to an aromatic ring is 1. The van der Waals surface area contributed by atoms with E-state index >= 15 is 0 Å². The first-order valence-corrected chi connectivity index (χ1v) is 5.11. The number of hydrogen-bond acceptors (Lipinski definition) is 4. The number of ether oxygens (including phenoxy) is 2. The molecule has 0 spiro atoms. The van der Waals surface area contributed by atoms with Gasteiger partial charge in [-0.25, -0.2) is 0 Å². The predicted molar refractivity (Wildman–Crippen MR) is 62.5 cm³/mol. The molecule has 0 radical (unpaired) electrons. The maximum Gasteiger partial charge on any atom is 0.308 e. The van der Waals surface area contributed by atoms with Crippen molar-refractivity contribution in [1.82, 2.24) is 0 Å². The number of methoxy groups -OCH3 is 1. The Morgan fingerprint density at radius 2 is 2.00 bits per heavy atom. The van der Waals surface area contributed by atoms with Gasteiger partial charge in [0.25, 0.3) is 0 Å². The number of anilines is 1. The fourth-order valence-electron chi connectivity index (χ4n) is 1.35. The first-order chi connectivity index (χ1) is 7.54. The van der Waals surface area contributed by atoms with Crippen molar-refractivity contribution in [2.24, 2.45) is 0 Å². The van der Waals surface area contributed by atoms with Crippen LogP contribution in [0.25, 0.3) is 0 Å². The van der Waals surface area contributed by atoms with Crippen molar-refractivity contribution in [3.63, 3.8) is 0 Å². The third kappa shape index (κ3) is 3.15. The van der Waals surface area contributed by atoms with E-state index in [0.29, 0.717) is 18.0 Å². The second-order valence-corrected chi connectivity index (χ2v) is 3.65. The Hall–Kier alpha value is -1.71. The van der Waals surface area contributed by atoms with Gasteiger partial charge in [-0.15, -0.1) is 0 Å². The largest absolute Gasteiger partial charge is 0.493 e. The number of nitrogens with two attached hydrogens (primary N) is 1. The van der Waals surface area contributed by atoms with Gasteiger partial charge in [0, 0.05) is 11.8 Å². The maximum atomic E-state index is 10.9. The Balaban J connectivity index is 2.60. The van der Waals surface area contributed by atoms with Gasteiger partial charge < -0.3 is 15.2 Å². The van der Waals surface area contributed by atoms with Crippen LogP contribution in [-0.4, -0.2) is 19.7 Å². The molecule has 4 heteroatoms. The van der Waals surface area contributed by atoms with Crippen molar-refractivity contribution in [2.75, 3.05) is 19.5 Å². The summed E-state index contributed by atoms with van der Waals surface area (Å²) in [6, 6.07) is 3.74. The van der Waals surface area contributed by atoms with Crippen LogP contribution in [0.4, 0.5) is 5.69 Å². The molecule has 16 heavy (non-hydrogen) atoms. The van der Waals surface area contributed by atoms with Crippen molar-refractivity contribution in [3.8, 4) is 5.75 Å². The van der Waals surface area contributed by atoms with Crippen molar-refractivity contribution in [2.45, 2.75) is 20.3 Å². The van der Waals surface area contributed by atoms with E-state index in [-0.39, 0.29) is 12.4 Å². The molecule has 0 saturated heterocycles. The summed E-state index contributed by atoms with van der Waals surface area (Å²) in [5.41, 5.74) is 8.51. The highest BCUT2D eigenvalue weighted by Gasteiger charge is 2.05. The zero-order valence-electron chi connectivity index (χ0n) is 9.87. The highest BCUT2D eigenvalue weighted by molar-refractivity contribution is 5.69. The molecule has 0 aliphatic heterocycles. The van der Waals surface area contributed by atoms with E-state index < -0.39 is 0 Å². The van der Waals surface area contributed by atoms with Gasteiger partial charge in [-0.3, -0.25) is 4.79 Å². The highest BCUT2D eigenvalue weighted by atomic mass is 16.5. The molecule has 0 unspecified atom stereocenters. The van der Waals surface area contributed by atoms with E-state index in [1.165, 1.54) is 7.11 Å². The number of aryl methyl sites for hydroxylation is 2. The van der Waals surface area contributed by atoms with Crippen LogP contribution >= 0.6 is 0 Å². The number of benzene rings is 1. The second-order valence-electron chi connectivity index (χ2n) is 3.65. The van der Waals surface area contributed by atoms with Gasteiger partial charge >= 0.3 is 5.97 Å². The van der Waals surface area contributed by atoms with Crippen molar-refractivity contribution in [3.05, 3.63) is 23.3 Å². The number of hydrogen-bond donors (Lipinski definition) is 1.